The Morgan fingerprint density at radius 1 is 1.24 bits per heavy atom. The van der Waals surface area contributed by atoms with Crippen LogP contribution in [0.1, 0.15) is 22.2 Å². The summed E-state index contributed by atoms with van der Waals surface area (Å²) in [6.07, 6.45) is 0.784. The molecule has 21 heavy (non-hydrogen) atoms. The van der Waals surface area contributed by atoms with Crippen molar-refractivity contribution in [2.75, 3.05) is 11.8 Å². The zero-order valence-electron chi connectivity index (χ0n) is 12.4. The maximum absolute atomic E-state index is 12.6. The van der Waals surface area contributed by atoms with Gasteiger partial charge in [0.1, 0.15) is 4.90 Å². The van der Waals surface area contributed by atoms with Crippen molar-refractivity contribution in [2.45, 2.75) is 31.7 Å². The summed E-state index contributed by atoms with van der Waals surface area (Å²) in [5.41, 5.74) is 1.64. The highest BCUT2D eigenvalue weighted by Gasteiger charge is 2.20. The fourth-order valence-electron chi connectivity index (χ4n) is 2.18. The third-order valence-corrected chi connectivity index (χ3v) is 5.88. The molecule has 0 aliphatic carbocycles. The van der Waals surface area contributed by atoms with Crippen LogP contribution >= 0.6 is 11.3 Å². The van der Waals surface area contributed by atoms with Crippen LogP contribution in [-0.4, -0.2) is 15.5 Å². The smallest absolute Gasteiger partial charge is 0.263 e. The molecule has 0 fully saturated rings. The Hall–Kier alpha value is -1.37. The highest BCUT2D eigenvalue weighted by atomic mass is 32.2. The van der Waals surface area contributed by atoms with Crippen LogP contribution in [0, 0.1) is 6.92 Å². The Morgan fingerprint density at radius 2 is 1.95 bits per heavy atom. The molecule has 0 unspecified atom stereocenters. The first-order valence-electron chi connectivity index (χ1n) is 6.82. The van der Waals surface area contributed by atoms with Gasteiger partial charge in [0.15, 0.2) is 0 Å². The molecule has 0 saturated carbocycles. The maximum Gasteiger partial charge on any atom is 0.263 e. The SMILES string of the molecule is CCc1ccccc1NS(=O)(=O)c1cc(CNC)sc1C. The lowest BCUT2D eigenvalue weighted by Gasteiger charge is -2.11. The van der Waals surface area contributed by atoms with Gasteiger partial charge in [0, 0.05) is 16.3 Å². The summed E-state index contributed by atoms with van der Waals surface area (Å²) in [7, 11) is -1.70. The van der Waals surface area contributed by atoms with Crippen LogP contribution in [0.3, 0.4) is 0 Å². The van der Waals surface area contributed by atoms with Crippen molar-refractivity contribution in [3.8, 4) is 0 Å². The van der Waals surface area contributed by atoms with Crippen molar-refractivity contribution in [1.82, 2.24) is 5.32 Å². The Kier molecular flexibility index (Phi) is 5.03. The third kappa shape index (κ3) is 3.64. The summed E-state index contributed by atoms with van der Waals surface area (Å²) in [6.45, 7) is 4.52. The minimum atomic E-state index is -3.54. The molecule has 2 N–H and O–H groups in total. The van der Waals surface area contributed by atoms with Gasteiger partial charge in [-0.05, 0) is 38.1 Å². The summed E-state index contributed by atoms with van der Waals surface area (Å²) in [5.74, 6) is 0. The molecule has 1 aromatic carbocycles. The number of hydrogen-bond acceptors (Lipinski definition) is 4. The number of thiophene rings is 1. The molecular formula is C15H20N2O2S2. The summed E-state index contributed by atoms with van der Waals surface area (Å²) in [4.78, 5) is 2.18. The topological polar surface area (TPSA) is 58.2 Å². The summed E-state index contributed by atoms with van der Waals surface area (Å²) < 4.78 is 27.9. The number of aryl methyl sites for hydroxylation is 2. The average molecular weight is 324 g/mol. The Balaban J connectivity index is 2.34. The predicted molar refractivity (Wildman–Crippen MR) is 88.4 cm³/mol. The molecule has 1 aromatic heterocycles. The van der Waals surface area contributed by atoms with Gasteiger partial charge in [-0.1, -0.05) is 25.1 Å². The fraction of sp³-hybridized carbons (Fsp3) is 0.333. The summed E-state index contributed by atoms with van der Waals surface area (Å²) in [6, 6.07) is 9.23. The zero-order valence-corrected chi connectivity index (χ0v) is 14.1. The number of hydrogen-bond donors (Lipinski definition) is 2. The van der Waals surface area contributed by atoms with Crippen LogP contribution in [0.2, 0.25) is 0 Å². The van der Waals surface area contributed by atoms with Crippen LogP contribution in [-0.2, 0) is 23.0 Å². The first kappa shape index (κ1) is 16.0. The molecule has 0 saturated heterocycles. The maximum atomic E-state index is 12.6. The average Bonchev–Trinajstić information content (AvgIpc) is 2.81. The normalized spacial score (nSPS) is 11.6. The van der Waals surface area contributed by atoms with Crippen molar-refractivity contribution >= 4 is 27.0 Å². The van der Waals surface area contributed by atoms with E-state index in [1.54, 1.807) is 12.1 Å². The molecule has 0 amide bonds. The molecule has 4 nitrogen and oxygen atoms in total. The number of anilines is 1. The monoisotopic (exact) mass is 324 g/mol. The van der Waals surface area contributed by atoms with E-state index in [2.05, 4.69) is 10.0 Å². The van der Waals surface area contributed by atoms with E-state index in [4.69, 9.17) is 0 Å². The molecule has 2 aromatic rings. The van der Waals surface area contributed by atoms with Gasteiger partial charge in [-0.25, -0.2) is 8.42 Å². The minimum Gasteiger partial charge on any atom is -0.315 e. The van der Waals surface area contributed by atoms with Crippen molar-refractivity contribution in [1.29, 1.82) is 0 Å². The molecule has 0 bridgehead atoms. The van der Waals surface area contributed by atoms with E-state index in [0.29, 0.717) is 17.1 Å². The second-order valence-corrected chi connectivity index (χ2v) is 7.77. The van der Waals surface area contributed by atoms with Crippen LogP contribution < -0.4 is 10.0 Å². The molecule has 0 radical (unpaired) electrons. The largest absolute Gasteiger partial charge is 0.315 e. The quantitative estimate of drug-likeness (QED) is 0.858. The molecule has 0 atom stereocenters. The first-order chi connectivity index (χ1) is 9.97. The standard InChI is InChI=1S/C15H20N2O2S2/c1-4-12-7-5-6-8-14(12)17-21(18,19)15-9-13(10-16-3)20-11(15)2/h5-9,16-17H,4,10H2,1-3H3. The highest BCUT2D eigenvalue weighted by molar-refractivity contribution is 7.93. The number of para-hydroxylation sites is 1. The van der Waals surface area contributed by atoms with Crippen LogP contribution in [0.4, 0.5) is 5.69 Å². The van der Waals surface area contributed by atoms with Gasteiger partial charge in [-0.2, -0.15) is 0 Å². The van der Waals surface area contributed by atoms with Crippen LogP contribution in [0.15, 0.2) is 35.2 Å². The van der Waals surface area contributed by atoms with Crippen molar-refractivity contribution in [3.63, 3.8) is 0 Å². The summed E-state index contributed by atoms with van der Waals surface area (Å²) >= 11 is 1.50. The molecule has 0 aliphatic heterocycles. The minimum absolute atomic E-state index is 0.364. The van der Waals surface area contributed by atoms with Gasteiger partial charge in [-0.15, -0.1) is 11.3 Å². The molecular weight excluding hydrogens is 304 g/mol. The lowest BCUT2D eigenvalue weighted by Crippen LogP contribution is -2.14. The molecule has 114 valence electrons. The lowest BCUT2D eigenvalue weighted by molar-refractivity contribution is 0.601. The van der Waals surface area contributed by atoms with Gasteiger partial charge < -0.3 is 5.32 Å². The fourth-order valence-corrected chi connectivity index (χ4v) is 4.93. The van der Waals surface area contributed by atoms with E-state index in [0.717, 1.165) is 21.7 Å². The van der Waals surface area contributed by atoms with E-state index in [9.17, 15) is 8.42 Å². The Labute approximate surface area is 130 Å². The van der Waals surface area contributed by atoms with Crippen molar-refractivity contribution in [3.05, 3.63) is 45.6 Å². The number of benzene rings is 1. The second-order valence-electron chi connectivity index (χ2n) is 4.78. The first-order valence-corrected chi connectivity index (χ1v) is 9.12. The third-order valence-electron chi connectivity index (χ3n) is 3.21. The van der Waals surface area contributed by atoms with E-state index in [1.165, 1.54) is 11.3 Å². The number of sulfonamides is 1. The molecule has 1 heterocycles. The zero-order chi connectivity index (χ0) is 15.5. The van der Waals surface area contributed by atoms with Gasteiger partial charge in [0.25, 0.3) is 10.0 Å². The molecule has 2 rings (SSSR count). The van der Waals surface area contributed by atoms with E-state index < -0.39 is 10.0 Å². The lowest BCUT2D eigenvalue weighted by atomic mass is 10.1. The summed E-state index contributed by atoms with van der Waals surface area (Å²) in [5, 5.41) is 3.04. The van der Waals surface area contributed by atoms with Crippen LogP contribution in [0.25, 0.3) is 0 Å². The Morgan fingerprint density at radius 3 is 2.62 bits per heavy atom. The predicted octanol–water partition coefficient (Wildman–Crippen LogP) is 3.14. The molecule has 0 spiro atoms. The second kappa shape index (κ2) is 6.60. The van der Waals surface area contributed by atoms with E-state index in [1.807, 2.05) is 39.1 Å². The van der Waals surface area contributed by atoms with Gasteiger partial charge in [-0.3, -0.25) is 4.72 Å². The Bertz CT molecular complexity index is 721. The molecule has 0 aliphatic rings. The van der Waals surface area contributed by atoms with Gasteiger partial charge in [0.2, 0.25) is 0 Å². The number of nitrogens with one attached hydrogen (secondary N) is 2. The van der Waals surface area contributed by atoms with E-state index in [-0.39, 0.29) is 0 Å². The highest BCUT2D eigenvalue weighted by Crippen LogP contribution is 2.28. The van der Waals surface area contributed by atoms with Gasteiger partial charge in [0.05, 0.1) is 5.69 Å². The molecule has 6 heteroatoms. The van der Waals surface area contributed by atoms with Crippen LogP contribution in [0.5, 0.6) is 0 Å². The van der Waals surface area contributed by atoms with Gasteiger partial charge >= 0.3 is 0 Å². The number of rotatable bonds is 6. The van der Waals surface area contributed by atoms with Crippen molar-refractivity contribution < 1.29 is 8.42 Å². The van der Waals surface area contributed by atoms with Crippen molar-refractivity contribution in [2.24, 2.45) is 0 Å². The van der Waals surface area contributed by atoms with E-state index >= 15 is 0 Å².